The zero-order chi connectivity index (χ0) is 29.0. The van der Waals surface area contributed by atoms with Crippen LogP contribution in [0.15, 0.2) is 146 Å². The molecule has 0 aliphatic heterocycles. The number of fused-ring (bicyclic) bond motifs is 7. The summed E-state index contributed by atoms with van der Waals surface area (Å²) < 4.78 is 4.54. The van der Waals surface area contributed by atoms with Gasteiger partial charge in [0.15, 0.2) is 11.6 Å². The summed E-state index contributed by atoms with van der Waals surface area (Å²) in [5.41, 5.74) is 7.19. The molecule has 4 heterocycles. The minimum atomic E-state index is 0.557. The summed E-state index contributed by atoms with van der Waals surface area (Å²) in [7, 11) is 0. The molecule has 6 heteroatoms. The molecule has 0 unspecified atom stereocenters. The van der Waals surface area contributed by atoms with Gasteiger partial charge in [0, 0.05) is 50.8 Å². The van der Waals surface area contributed by atoms with Crippen LogP contribution in [-0.2, 0) is 0 Å². The van der Waals surface area contributed by atoms with Gasteiger partial charge in [-0.05, 0) is 24.3 Å². The highest BCUT2D eigenvalue weighted by Gasteiger charge is 2.23. The Balaban J connectivity index is 1.48. The van der Waals surface area contributed by atoms with Crippen LogP contribution in [0.5, 0.6) is 0 Å². The van der Waals surface area contributed by atoms with Gasteiger partial charge in [0.1, 0.15) is 0 Å². The number of nitrogens with zero attached hydrogens (tertiary/aromatic N) is 6. The van der Waals surface area contributed by atoms with Gasteiger partial charge in [0.2, 0.25) is 5.95 Å². The second-order valence-electron chi connectivity index (χ2n) is 10.8. The van der Waals surface area contributed by atoms with Crippen molar-refractivity contribution in [1.29, 1.82) is 0 Å². The minimum absolute atomic E-state index is 0.557. The Bertz CT molecular complexity index is 2420. The van der Waals surface area contributed by atoms with Gasteiger partial charge < -0.3 is 4.57 Å². The molecule has 0 spiro atoms. The van der Waals surface area contributed by atoms with Crippen LogP contribution in [0.25, 0.3) is 78.0 Å². The van der Waals surface area contributed by atoms with Crippen LogP contribution in [0, 0.1) is 0 Å². The Labute approximate surface area is 252 Å². The first-order valence-corrected chi connectivity index (χ1v) is 14.6. The molecule has 9 aromatic rings. The van der Waals surface area contributed by atoms with E-state index in [0.29, 0.717) is 17.6 Å². The molecule has 0 N–H and O–H groups in total. The summed E-state index contributed by atoms with van der Waals surface area (Å²) in [5, 5.41) is 4.48. The highest BCUT2D eigenvalue weighted by Crippen LogP contribution is 2.41. The molecule has 0 amide bonds. The van der Waals surface area contributed by atoms with Gasteiger partial charge in [0.05, 0.1) is 22.1 Å². The third kappa shape index (κ3) is 3.68. The van der Waals surface area contributed by atoms with Crippen molar-refractivity contribution in [1.82, 2.24) is 29.1 Å². The second kappa shape index (κ2) is 9.71. The number of hydrogen-bond donors (Lipinski definition) is 0. The Morgan fingerprint density at radius 2 is 0.955 bits per heavy atom. The number of benzene rings is 5. The van der Waals surface area contributed by atoms with Crippen LogP contribution in [0.3, 0.4) is 0 Å². The van der Waals surface area contributed by atoms with Gasteiger partial charge in [0.25, 0.3) is 0 Å². The largest absolute Gasteiger partial charge is 0.307 e. The quantitative estimate of drug-likeness (QED) is 0.214. The zero-order valence-corrected chi connectivity index (χ0v) is 23.5. The Hall–Kier alpha value is -6.14. The minimum Gasteiger partial charge on any atom is -0.307 e. The molecule has 0 aliphatic rings. The van der Waals surface area contributed by atoms with E-state index in [1.54, 1.807) is 0 Å². The van der Waals surface area contributed by atoms with Gasteiger partial charge in [-0.1, -0.05) is 109 Å². The fraction of sp³-hybridized carbons (Fsp3) is 0. The molecule has 206 valence electrons. The maximum absolute atomic E-state index is 5.15. The van der Waals surface area contributed by atoms with Gasteiger partial charge in [-0.3, -0.25) is 9.55 Å². The highest BCUT2D eigenvalue weighted by molar-refractivity contribution is 6.23. The number of pyridine rings is 1. The first kappa shape index (κ1) is 24.5. The normalized spacial score (nSPS) is 11.6. The molecular formula is C38H24N6. The molecule has 0 saturated carbocycles. The molecular weight excluding hydrogens is 540 g/mol. The molecule has 4 aromatic heterocycles. The van der Waals surface area contributed by atoms with E-state index in [4.69, 9.17) is 15.0 Å². The summed E-state index contributed by atoms with van der Waals surface area (Å²) >= 11 is 0. The standard InChI is InChI=1S/C38H24N6/c1-4-12-25(13-5-1)36-40-37(26-14-6-2-7-15-26)42-38(41-36)44-33-22-23-39-24-31(33)30-21-20-29-28-18-10-11-19-32(28)43(34(29)35(30)44)27-16-8-3-9-17-27/h1-24H. The first-order chi connectivity index (χ1) is 21.8. The molecule has 5 aromatic carbocycles. The van der Waals surface area contributed by atoms with Crippen molar-refractivity contribution < 1.29 is 0 Å². The third-order valence-electron chi connectivity index (χ3n) is 8.26. The molecule has 44 heavy (non-hydrogen) atoms. The third-order valence-corrected chi connectivity index (χ3v) is 8.26. The van der Waals surface area contributed by atoms with Crippen LogP contribution in [0.2, 0.25) is 0 Å². The van der Waals surface area contributed by atoms with Gasteiger partial charge >= 0.3 is 0 Å². The number of para-hydroxylation sites is 2. The Morgan fingerprint density at radius 1 is 0.409 bits per heavy atom. The van der Waals surface area contributed by atoms with Crippen LogP contribution in [-0.4, -0.2) is 29.1 Å². The Kier molecular flexibility index (Phi) is 5.40. The summed E-state index contributed by atoms with van der Waals surface area (Å²) in [6.45, 7) is 0. The van der Waals surface area contributed by atoms with Crippen molar-refractivity contribution in [3.05, 3.63) is 146 Å². The zero-order valence-electron chi connectivity index (χ0n) is 23.5. The van der Waals surface area contributed by atoms with Crippen molar-refractivity contribution in [2.24, 2.45) is 0 Å². The van der Waals surface area contributed by atoms with E-state index in [0.717, 1.165) is 55.0 Å². The van der Waals surface area contributed by atoms with E-state index in [9.17, 15) is 0 Å². The predicted octanol–water partition coefficient (Wildman–Crippen LogP) is 8.79. The van der Waals surface area contributed by atoms with E-state index < -0.39 is 0 Å². The van der Waals surface area contributed by atoms with Crippen LogP contribution >= 0.6 is 0 Å². The lowest BCUT2D eigenvalue weighted by Gasteiger charge is -2.13. The summed E-state index contributed by atoms with van der Waals surface area (Å²) in [6.07, 6.45) is 3.77. The van der Waals surface area contributed by atoms with Crippen molar-refractivity contribution in [2.75, 3.05) is 0 Å². The van der Waals surface area contributed by atoms with Crippen molar-refractivity contribution in [3.8, 4) is 34.4 Å². The summed E-state index contributed by atoms with van der Waals surface area (Å²) in [5.74, 6) is 1.80. The monoisotopic (exact) mass is 564 g/mol. The maximum atomic E-state index is 5.15. The van der Waals surface area contributed by atoms with Gasteiger partial charge in [-0.15, -0.1) is 0 Å². The molecule has 6 nitrogen and oxygen atoms in total. The van der Waals surface area contributed by atoms with E-state index in [2.05, 4.69) is 80.8 Å². The molecule has 0 radical (unpaired) electrons. The van der Waals surface area contributed by atoms with E-state index >= 15 is 0 Å². The summed E-state index contributed by atoms with van der Waals surface area (Å²) in [4.78, 5) is 19.8. The fourth-order valence-electron chi connectivity index (χ4n) is 6.34. The smallest absolute Gasteiger partial charge is 0.238 e. The highest BCUT2D eigenvalue weighted by atomic mass is 15.2. The van der Waals surface area contributed by atoms with Crippen molar-refractivity contribution >= 4 is 43.6 Å². The lowest BCUT2D eigenvalue weighted by atomic mass is 10.1. The van der Waals surface area contributed by atoms with E-state index in [1.165, 1.54) is 5.39 Å². The first-order valence-electron chi connectivity index (χ1n) is 14.6. The predicted molar refractivity (Wildman–Crippen MR) is 177 cm³/mol. The van der Waals surface area contributed by atoms with Crippen LogP contribution in [0.4, 0.5) is 0 Å². The van der Waals surface area contributed by atoms with Gasteiger partial charge in [-0.2, -0.15) is 9.97 Å². The average molecular weight is 565 g/mol. The maximum Gasteiger partial charge on any atom is 0.238 e. The summed E-state index contributed by atoms with van der Waals surface area (Å²) in [6, 6.07) is 45.8. The number of aromatic nitrogens is 6. The van der Waals surface area contributed by atoms with E-state index in [1.807, 2.05) is 79.1 Å². The average Bonchev–Trinajstić information content (AvgIpc) is 3.62. The molecule has 0 aliphatic carbocycles. The van der Waals surface area contributed by atoms with Gasteiger partial charge in [-0.25, -0.2) is 4.98 Å². The van der Waals surface area contributed by atoms with Crippen LogP contribution in [0.1, 0.15) is 0 Å². The van der Waals surface area contributed by atoms with Crippen molar-refractivity contribution in [3.63, 3.8) is 0 Å². The molecule has 9 rings (SSSR count). The second-order valence-corrected chi connectivity index (χ2v) is 10.8. The Morgan fingerprint density at radius 3 is 1.64 bits per heavy atom. The fourth-order valence-corrected chi connectivity index (χ4v) is 6.34. The topological polar surface area (TPSA) is 61.4 Å². The SMILES string of the molecule is c1ccc(-c2nc(-c3ccccc3)nc(-n3c4ccncc4c4ccc5c6ccccc6n(-c6ccccc6)c5c43)n2)cc1. The van der Waals surface area contributed by atoms with Crippen LogP contribution < -0.4 is 0 Å². The van der Waals surface area contributed by atoms with Crippen molar-refractivity contribution in [2.45, 2.75) is 0 Å². The van der Waals surface area contributed by atoms with E-state index in [-0.39, 0.29) is 0 Å². The number of rotatable bonds is 4. The number of hydrogen-bond acceptors (Lipinski definition) is 4. The molecule has 0 saturated heterocycles. The lowest BCUT2D eigenvalue weighted by molar-refractivity contribution is 0.953. The molecule has 0 fully saturated rings. The molecule has 0 bridgehead atoms. The molecule has 0 atom stereocenters. The lowest BCUT2D eigenvalue weighted by Crippen LogP contribution is -2.07.